The van der Waals surface area contributed by atoms with Crippen molar-refractivity contribution in [1.82, 2.24) is 10.2 Å². The summed E-state index contributed by atoms with van der Waals surface area (Å²) >= 11 is 5.05. The molecule has 0 bridgehead atoms. The van der Waals surface area contributed by atoms with Gasteiger partial charge in [0.2, 0.25) is 5.91 Å². The van der Waals surface area contributed by atoms with Crippen LogP contribution in [0.25, 0.3) is 0 Å². The number of likely N-dealkylation sites (N-methyl/N-ethyl adjacent to an activating group) is 1. The first-order valence-corrected chi connectivity index (χ1v) is 8.83. The first kappa shape index (κ1) is 22.4. The minimum atomic E-state index is -0.840. The van der Waals surface area contributed by atoms with E-state index in [1.807, 2.05) is 0 Å². The van der Waals surface area contributed by atoms with Crippen LogP contribution in [0.5, 0.6) is 0 Å². The molecule has 2 aromatic rings. The molecule has 0 saturated heterocycles. The van der Waals surface area contributed by atoms with Crippen LogP contribution in [0.3, 0.4) is 0 Å². The molecule has 2 amide bonds. The number of hydrogen-bond donors (Lipinski definition) is 2. The molecule has 0 radical (unpaired) electrons. The van der Waals surface area contributed by atoms with Crippen molar-refractivity contribution >= 4 is 46.2 Å². The van der Waals surface area contributed by atoms with Crippen molar-refractivity contribution < 1.29 is 19.4 Å². The van der Waals surface area contributed by atoms with E-state index in [0.29, 0.717) is 5.69 Å². The number of benzene rings is 2. The van der Waals surface area contributed by atoms with E-state index < -0.39 is 27.1 Å². The van der Waals surface area contributed by atoms with Crippen molar-refractivity contribution in [2.75, 3.05) is 19.4 Å². The van der Waals surface area contributed by atoms with Gasteiger partial charge in [-0.25, -0.2) is 0 Å². The Balaban J connectivity index is 2.06. The number of carbonyl (C=O) groups is 2. The molecule has 2 rings (SSSR count). The average molecular weight is 431 g/mol. The third-order valence-electron chi connectivity index (χ3n) is 3.88. The van der Waals surface area contributed by atoms with Crippen molar-refractivity contribution in [3.8, 4) is 0 Å². The maximum Gasteiger partial charge on any atom is 0.277 e. The van der Waals surface area contributed by atoms with E-state index >= 15 is 0 Å². The Bertz CT molecular complexity index is 990. The smallest absolute Gasteiger partial charge is 0.277 e. The van der Waals surface area contributed by atoms with Crippen LogP contribution in [0.2, 0.25) is 0 Å². The molecule has 0 aliphatic carbocycles. The molecule has 0 aromatic heterocycles. The highest BCUT2D eigenvalue weighted by atomic mass is 32.1. The molecule has 0 aliphatic rings. The van der Waals surface area contributed by atoms with Gasteiger partial charge in [-0.2, -0.15) is 0 Å². The molecule has 0 unspecified atom stereocenters. The molecule has 156 valence electrons. The second-order valence-corrected chi connectivity index (χ2v) is 6.73. The first-order valence-electron chi connectivity index (χ1n) is 8.42. The summed E-state index contributed by atoms with van der Waals surface area (Å²) in [5.74, 6) is -0.892. The molecule has 0 atom stereocenters. The highest BCUT2D eigenvalue weighted by Gasteiger charge is 2.20. The summed E-state index contributed by atoms with van der Waals surface area (Å²) in [4.78, 5) is 45.7. The van der Waals surface area contributed by atoms with Gasteiger partial charge in [-0.1, -0.05) is 12.1 Å². The lowest BCUT2D eigenvalue weighted by molar-refractivity contribution is -0.394. The van der Waals surface area contributed by atoms with Gasteiger partial charge in [-0.3, -0.25) is 35.1 Å². The number of rotatable bonds is 6. The fourth-order valence-corrected chi connectivity index (χ4v) is 2.52. The number of anilines is 1. The summed E-state index contributed by atoms with van der Waals surface area (Å²) in [5.41, 5.74) is -0.130. The van der Waals surface area contributed by atoms with E-state index in [9.17, 15) is 29.8 Å². The van der Waals surface area contributed by atoms with Gasteiger partial charge in [0.25, 0.3) is 17.3 Å². The zero-order chi connectivity index (χ0) is 22.4. The Morgan fingerprint density at radius 2 is 1.53 bits per heavy atom. The molecule has 12 heteroatoms. The summed E-state index contributed by atoms with van der Waals surface area (Å²) in [7, 11) is 3.32. The standard InChI is InChI=1S/C18H17N5O6S/c1-21(2)16(24)7-11-3-5-13(6-4-11)19-18(30)20-17(25)12-8-14(22(26)27)10-15(9-12)23(28)29/h3-6,8-10H,7H2,1-2H3,(H2,19,20,25,30). The average Bonchev–Trinajstić information content (AvgIpc) is 2.68. The van der Waals surface area contributed by atoms with E-state index in [1.54, 1.807) is 38.4 Å². The van der Waals surface area contributed by atoms with Gasteiger partial charge in [0.1, 0.15) is 0 Å². The fraction of sp³-hybridized carbons (Fsp3) is 0.167. The Labute approximate surface area is 176 Å². The van der Waals surface area contributed by atoms with Crippen molar-refractivity contribution in [3.63, 3.8) is 0 Å². The van der Waals surface area contributed by atoms with E-state index in [1.165, 1.54) is 4.90 Å². The Hall–Kier alpha value is -3.93. The van der Waals surface area contributed by atoms with Gasteiger partial charge >= 0.3 is 0 Å². The van der Waals surface area contributed by atoms with Crippen LogP contribution < -0.4 is 10.6 Å². The molecule has 0 spiro atoms. The third kappa shape index (κ3) is 6.04. The van der Waals surface area contributed by atoms with E-state index in [4.69, 9.17) is 12.2 Å². The molecule has 0 heterocycles. The van der Waals surface area contributed by atoms with Crippen LogP contribution in [0, 0.1) is 20.2 Å². The molecule has 11 nitrogen and oxygen atoms in total. The largest absolute Gasteiger partial charge is 0.349 e. The first-order chi connectivity index (χ1) is 14.1. The number of non-ortho nitro benzene ring substituents is 2. The normalized spacial score (nSPS) is 10.1. The molecule has 0 aliphatic heterocycles. The highest BCUT2D eigenvalue weighted by molar-refractivity contribution is 7.80. The van der Waals surface area contributed by atoms with Gasteiger partial charge in [-0.05, 0) is 29.9 Å². The van der Waals surface area contributed by atoms with Gasteiger partial charge in [-0.15, -0.1) is 0 Å². The van der Waals surface area contributed by atoms with Crippen LogP contribution in [-0.4, -0.2) is 45.8 Å². The molecule has 30 heavy (non-hydrogen) atoms. The number of nitro benzene ring substituents is 2. The summed E-state index contributed by atoms with van der Waals surface area (Å²) in [5, 5.41) is 26.8. The number of nitrogens with zero attached hydrogens (tertiary/aromatic N) is 3. The SMILES string of the molecule is CN(C)C(=O)Cc1ccc(NC(=S)NC(=O)c2cc([N+](=O)[O-])cc([N+](=O)[O-])c2)cc1. The van der Waals surface area contributed by atoms with Crippen molar-refractivity contribution in [2.45, 2.75) is 6.42 Å². The lowest BCUT2D eigenvalue weighted by Gasteiger charge is -2.12. The van der Waals surface area contributed by atoms with Gasteiger partial charge in [0, 0.05) is 31.9 Å². The number of carbonyl (C=O) groups excluding carboxylic acids is 2. The molecule has 0 saturated carbocycles. The predicted molar refractivity (Wildman–Crippen MR) is 112 cm³/mol. The van der Waals surface area contributed by atoms with E-state index in [2.05, 4.69) is 10.6 Å². The van der Waals surface area contributed by atoms with E-state index in [0.717, 1.165) is 23.8 Å². The molecule has 2 aromatic carbocycles. The number of amides is 2. The third-order valence-corrected chi connectivity index (χ3v) is 4.08. The van der Waals surface area contributed by atoms with Crippen molar-refractivity contribution in [1.29, 1.82) is 0 Å². The number of thiocarbonyl (C=S) groups is 1. The molecular weight excluding hydrogens is 414 g/mol. The van der Waals surface area contributed by atoms with Crippen molar-refractivity contribution in [2.24, 2.45) is 0 Å². The van der Waals surface area contributed by atoms with Crippen LogP contribution in [0.1, 0.15) is 15.9 Å². The van der Waals surface area contributed by atoms with Crippen LogP contribution in [0.15, 0.2) is 42.5 Å². The summed E-state index contributed by atoms with van der Waals surface area (Å²) in [6.07, 6.45) is 0.236. The maximum atomic E-state index is 12.3. The van der Waals surface area contributed by atoms with Crippen LogP contribution >= 0.6 is 12.2 Å². The highest BCUT2D eigenvalue weighted by Crippen LogP contribution is 2.22. The number of nitro groups is 2. The number of hydrogen-bond acceptors (Lipinski definition) is 7. The Kier molecular flexibility index (Phi) is 7.09. The zero-order valence-corrected chi connectivity index (χ0v) is 16.8. The molecular formula is C18H17N5O6S. The Morgan fingerprint density at radius 1 is 1.00 bits per heavy atom. The lowest BCUT2D eigenvalue weighted by atomic mass is 10.1. The molecule has 2 N–H and O–H groups in total. The minimum absolute atomic E-state index is 0.0514. The number of nitrogens with one attached hydrogen (secondary N) is 2. The minimum Gasteiger partial charge on any atom is -0.349 e. The van der Waals surface area contributed by atoms with Gasteiger partial charge in [0.15, 0.2) is 5.11 Å². The predicted octanol–water partition coefficient (Wildman–Crippen LogP) is 2.26. The van der Waals surface area contributed by atoms with Crippen LogP contribution in [-0.2, 0) is 11.2 Å². The molecule has 0 fully saturated rings. The van der Waals surface area contributed by atoms with E-state index in [-0.39, 0.29) is 23.0 Å². The fourth-order valence-electron chi connectivity index (χ4n) is 2.31. The van der Waals surface area contributed by atoms with Gasteiger partial charge in [0.05, 0.1) is 27.9 Å². The Morgan fingerprint density at radius 3 is 2.00 bits per heavy atom. The monoisotopic (exact) mass is 431 g/mol. The van der Waals surface area contributed by atoms with Crippen LogP contribution in [0.4, 0.5) is 17.1 Å². The lowest BCUT2D eigenvalue weighted by Crippen LogP contribution is -2.34. The van der Waals surface area contributed by atoms with Crippen molar-refractivity contribution in [3.05, 3.63) is 73.8 Å². The van der Waals surface area contributed by atoms with Gasteiger partial charge < -0.3 is 10.2 Å². The maximum absolute atomic E-state index is 12.3. The summed E-state index contributed by atoms with van der Waals surface area (Å²) < 4.78 is 0. The topological polar surface area (TPSA) is 148 Å². The summed E-state index contributed by atoms with van der Waals surface area (Å²) in [6.45, 7) is 0. The summed E-state index contributed by atoms with van der Waals surface area (Å²) in [6, 6.07) is 9.36. The quantitative estimate of drug-likeness (QED) is 0.402. The second-order valence-electron chi connectivity index (χ2n) is 6.32. The zero-order valence-electron chi connectivity index (χ0n) is 15.9. The second kappa shape index (κ2) is 9.52.